The lowest BCUT2D eigenvalue weighted by Gasteiger charge is -2.19. The monoisotopic (exact) mass is 341 g/mol. The number of anilines is 2. The van der Waals surface area contributed by atoms with Crippen LogP contribution in [0.3, 0.4) is 0 Å². The summed E-state index contributed by atoms with van der Waals surface area (Å²) in [5, 5.41) is 3.16. The van der Waals surface area contributed by atoms with Gasteiger partial charge in [-0.05, 0) is 27.4 Å². The maximum atomic E-state index is 12.2. The van der Waals surface area contributed by atoms with Crippen LogP contribution in [0.4, 0.5) is 11.6 Å². The van der Waals surface area contributed by atoms with Crippen LogP contribution < -0.4 is 5.32 Å². The maximum Gasteiger partial charge on any atom is 0.236 e. The minimum Gasteiger partial charge on any atom is -0.341 e. The molecule has 1 amide bonds. The number of hydrogen-bond donors (Lipinski definition) is 1. The standard InChI is InChI=1S/C17H23N7O/c1-12-8-14(21-15-9-18-5-6-19-15)22-17(20-12)13-4-7-24(10-13)16(25)11-23(2)3/h5-6,8-9,13H,4,7,10-11H2,1-3H3,(H,19,20,21,22)/t13-/m1/s1. The molecule has 1 N–H and O–H groups in total. The lowest BCUT2D eigenvalue weighted by Crippen LogP contribution is -2.36. The summed E-state index contributed by atoms with van der Waals surface area (Å²) in [4.78, 5) is 33.5. The van der Waals surface area contributed by atoms with Crippen LogP contribution in [0.25, 0.3) is 0 Å². The Morgan fingerprint density at radius 2 is 2.16 bits per heavy atom. The van der Waals surface area contributed by atoms with Crippen molar-refractivity contribution in [3.63, 3.8) is 0 Å². The zero-order chi connectivity index (χ0) is 17.8. The first-order valence-electron chi connectivity index (χ1n) is 8.32. The number of amides is 1. The molecule has 25 heavy (non-hydrogen) atoms. The van der Waals surface area contributed by atoms with Crippen LogP contribution in [0, 0.1) is 6.92 Å². The summed E-state index contributed by atoms with van der Waals surface area (Å²) >= 11 is 0. The van der Waals surface area contributed by atoms with Crippen LogP contribution in [-0.2, 0) is 4.79 Å². The van der Waals surface area contributed by atoms with E-state index in [4.69, 9.17) is 0 Å². The molecule has 1 atom stereocenters. The van der Waals surface area contributed by atoms with Crippen LogP contribution in [0.5, 0.6) is 0 Å². The quantitative estimate of drug-likeness (QED) is 0.874. The van der Waals surface area contributed by atoms with Crippen molar-refractivity contribution in [1.82, 2.24) is 29.7 Å². The van der Waals surface area contributed by atoms with Gasteiger partial charge < -0.3 is 15.1 Å². The number of nitrogens with one attached hydrogen (secondary N) is 1. The van der Waals surface area contributed by atoms with Crippen LogP contribution >= 0.6 is 0 Å². The van der Waals surface area contributed by atoms with E-state index in [9.17, 15) is 4.79 Å². The fraction of sp³-hybridized carbons (Fsp3) is 0.471. The molecule has 3 rings (SSSR count). The first-order valence-corrected chi connectivity index (χ1v) is 8.32. The van der Waals surface area contributed by atoms with Gasteiger partial charge in [-0.3, -0.25) is 9.78 Å². The van der Waals surface area contributed by atoms with E-state index >= 15 is 0 Å². The molecule has 8 heteroatoms. The predicted octanol–water partition coefficient (Wildman–Crippen LogP) is 1.20. The number of likely N-dealkylation sites (N-methyl/N-ethyl adjacent to an activating group) is 1. The molecule has 0 unspecified atom stereocenters. The van der Waals surface area contributed by atoms with Crippen molar-refractivity contribution in [2.45, 2.75) is 19.3 Å². The van der Waals surface area contributed by atoms with Gasteiger partial charge in [0.05, 0.1) is 12.7 Å². The van der Waals surface area contributed by atoms with Crippen molar-refractivity contribution in [3.05, 3.63) is 36.2 Å². The van der Waals surface area contributed by atoms with E-state index in [1.807, 2.05) is 36.9 Å². The fourth-order valence-corrected chi connectivity index (χ4v) is 2.90. The number of likely N-dealkylation sites (tertiary alicyclic amines) is 1. The number of aryl methyl sites for hydroxylation is 1. The van der Waals surface area contributed by atoms with Crippen molar-refractivity contribution in [3.8, 4) is 0 Å². The molecule has 0 radical (unpaired) electrons. The largest absolute Gasteiger partial charge is 0.341 e. The summed E-state index contributed by atoms with van der Waals surface area (Å²) in [5.41, 5.74) is 0.884. The SMILES string of the molecule is Cc1cc(Nc2cnccn2)nc([C@@H]2CCN(C(=O)CN(C)C)C2)n1. The van der Waals surface area contributed by atoms with E-state index in [2.05, 4.69) is 25.3 Å². The topological polar surface area (TPSA) is 87.1 Å². The predicted molar refractivity (Wildman–Crippen MR) is 94.6 cm³/mol. The van der Waals surface area contributed by atoms with Crippen molar-refractivity contribution < 1.29 is 4.79 Å². The lowest BCUT2D eigenvalue weighted by atomic mass is 10.1. The Bertz CT molecular complexity index is 735. The molecule has 0 saturated carbocycles. The first-order chi connectivity index (χ1) is 12.0. The van der Waals surface area contributed by atoms with E-state index in [0.717, 1.165) is 24.5 Å². The van der Waals surface area contributed by atoms with Gasteiger partial charge in [0, 0.05) is 43.2 Å². The van der Waals surface area contributed by atoms with Gasteiger partial charge in [-0.15, -0.1) is 0 Å². The summed E-state index contributed by atoms with van der Waals surface area (Å²) in [6.45, 7) is 3.79. The molecule has 1 fully saturated rings. The van der Waals surface area contributed by atoms with Crippen molar-refractivity contribution >= 4 is 17.5 Å². The summed E-state index contributed by atoms with van der Waals surface area (Å²) in [7, 11) is 3.80. The van der Waals surface area contributed by atoms with E-state index in [-0.39, 0.29) is 11.8 Å². The molecule has 2 aromatic rings. The molecule has 1 aliphatic rings. The third-order valence-electron chi connectivity index (χ3n) is 4.05. The van der Waals surface area contributed by atoms with E-state index in [1.54, 1.807) is 18.6 Å². The molecular formula is C17H23N7O. The number of carbonyl (C=O) groups excluding carboxylic acids is 1. The highest BCUT2D eigenvalue weighted by Crippen LogP contribution is 2.26. The Morgan fingerprint density at radius 3 is 2.88 bits per heavy atom. The molecule has 0 aliphatic carbocycles. The smallest absolute Gasteiger partial charge is 0.236 e. The Morgan fingerprint density at radius 1 is 1.32 bits per heavy atom. The molecule has 1 aliphatic heterocycles. The van der Waals surface area contributed by atoms with Gasteiger partial charge in [0.1, 0.15) is 17.5 Å². The molecular weight excluding hydrogens is 318 g/mol. The van der Waals surface area contributed by atoms with Crippen LogP contribution in [-0.4, -0.2) is 69.4 Å². The minimum atomic E-state index is 0.151. The summed E-state index contributed by atoms with van der Waals surface area (Å²) < 4.78 is 0. The van der Waals surface area contributed by atoms with Crippen molar-refractivity contribution in [2.75, 3.05) is 39.0 Å². The van der Waals surface area contributed by atoms with Gasteiger partial charge in [-0.2, -0.15) is 0 Å². The Labute approximate surface area is 147 Å². The molecule has 8 nitrogen and oxygen atoms in total. The Hall–Kier alpha value is -2.61. The van der Waals surface area contributed by atoms with Crippen LogP contribution in [0.1, 0.15) is 23.9 Å². The zero-order valence-electron chi connectivity index (χ0n) is 14.8. The van der Waals surface area contributed by atoms with Gasteiger partial charge in [-0.1, -0.05) is 0 Å². The van der Waals surface area contributed by atoms with Gasteiger partial charge >= 0.3 is 0 Å². The molecule has 1 saturated heterocycles. The minimum absolute atomic E-state index is 0.151. The number of aromatic nitrogens is 4. The van der Waals surface area contributed by atoms with E-state index in [1.165, 1.54) is 0 Å². The first kappa shape index (κ1) is 17.2. The zero-order valence-corrected chi connectivity index (χ0v) is 14.8. The van der Waals surface area contributed by atoms with Crippen molar-refractivity contribution in [2.24, 2.45) is 0 Å². The van der Waals surface area contributed by atoms with Gasteiger partial charge in [-0.25, -0.2) is 15.0 Å². The highest BCUT2D eigenvalue weighted by molar-refractivity contribution is 5.78. The average molecular weight is 341 g/mol. The summed E-state index contributed by atoms with van der Waals surface area (Å²) in [6.07, 6.45) is 5.78. The highest BCUT2D eigenvalue weighted by Gasteiger charge is 2.29. The summed E-state index contributed by atoms with van der Waals surface area (Å²) in [5.74, 6) is 2.42. The average Bonchev–Trinajstić information content (AvgIpc) is 3.05. The Balaban J connectivity index is 1.71. The molecule has 0 spiro atoms. The number of rotatable bonds is 5. The van der Waals surface area contributed by atoms with E-state index < -0.39 is 0 Å². The second-order valence-corrected chi connectivity index (χ2v) is 6.53. The number of hydrogen-bond acceptors (Lipinski definition) is 7. The normalized spacial score (nSPS) is 17.1. The Kier molecular flexibility index (Phi) is 5.18. The second-order valence-electron chi connectivity index (χ2n) is 6.53. The van der Waals surface area contributed by atoms with Crippen molar-refractivity contribution in [1.29, 1.82) is 0 Å². The molecule has 0 bridgehead atoms. The second kappa shape index (κ2) is 7.52. The molecule has 132 valence electrons. The van der Waals surface area contributed by atoms with Crippen LogP contribution in [0.15, 0.2) is 24.7 Å². The maximum absolute atomic E-state index is 12.2. The van der Waals surface area contributed by atoms with Gasteiger partial charge in [0.2, 0.25) is 5.91 Å². The number of nitrogens with zero attached hydrogens (tertiary/aromatic N) is 6. The van der Waals surface area contributed by atoms with E-state index in [0.29, 0.717) is 24.7 Å². The van der Waals surface area contributed by atoms with Crippen LogP contribution in [0.2, 0.25) is 0 Å². The van der Waals surface area contributed by atoms with Gasteiger partial charge in [0.25, 0.3) is 0 Å². The third kappa shape index (κ3) is 4.48. The fourth-order valence-electron chi connectivity index (χ4n) is 2.90. The molecule has 0 aromatic carbocycles. The lowest BCUT2D eigenvalue weighted by molar-refractivity contribution is -0.130. The summed E-state index contributed by atoms with van der Waals surface area (Å²) in [6, 6.07) is 1.88. The molecule has 2 aromatic heterocycles. The molecule has 3 heterocycles. The third-order valence-corrected chi connectivity index (χ3v) is 4.05. The number of carbonyl (C=O) groups is 1. The highest BCUT2D eigenvalue weighted by atomic mass is 16.2. The van der Waals surface area contributed by atoms with Gasteiger partial charge in [0.15, 0.2) is 0 Å².